The monoisotopic (exact) mass is 378 g/mol. The van der Waals surface area contributed by atoms with Gasteiger partial charge in [-0.15, -0.1) is 0 Å². The first-order valence-corrected chi connectivity index (χ1v) is 9.74. The number of sulfonamides is 1. The standard InChI is InChI=1S/C14H23BrN2O3S/c1-3-7-17(8-4-2)21(18,19)13-9-12(20-14(13)15)10-16-11-5-6-11/h9,11,16H,3-8,10H2,1-2H3. The number of nitrogens with one attached hydrogen (secondary N) is 1. The first-order chi connectivity index (χ1) is 9.98. The van der Waals surface area contributed by atoms with Crippen molar-refractivity contribution in [3.63, 3.8) is 0 Å². The second-order valence-electron chi connectivity index (χ2n) is 5.41. The maximum atomic E-state index is 12.7. The van der Waals surface area contributed by atoms with Gasteiger partial charge in [0.15, 0.2) is 4.67 Å². The molecule has 0 spiro atoms. The summed E-state index contributed by atoms with van der Waals surface area (Å²) in [6, 6.07) is 2.19. The van der Waals surface area contributed by atoms with Gasteiger partial charge >= 0.3 is 0 Å². The quantitative estimate of drug-likeness (QED) is 0.716. The smallest absolute Gasteiger partial charge is 0.247 e. The Bertz CT molecular complexity index is 561. The molecule has 0 aliphatic heterocycles. The lowest BCUT2D eigenvalue weighted by Crippen LogP contribution is -2.32. The minimum Gasteiger partial charge on any atom is -0.452 e. The summed E-state index contributed by atoms with van der Waals surface area (Å²) in [6.07, 6.45) is 3.97. The zero-order valence-corrected chi connectivity index (χ0v) is 15.0. The summed E-state index contributed by atoms with van der Waals surface area (Å²) in [5.74, 6) is 0.653. The first-order valence-electron chi connectivity index (χ1n) is 7.50. The highest BCUT2D eigenvalue weighted by molar-refractivity contribution is 9.10. The van der Waals surface area contributed by atoms with Gasteiger partial charge in [-0.2, -0.15) is 4.31 Å². The predicted octanol–water partition coefficient (Wildman–Crippen LogP) is 3.10. The van der Waals surface area contributed by atoms with E-state index in [9.17, 15) is 8.42 Å². The first kappa shape index (κ1) is 17.0. The van der Waals surface area contributed by atoms with Crippen LogP contribution in [0, 0.1) is 0 Å². The van der Waals surface area contributed by atoms with Crippen molar-refractivity contribution in [2.75, 3.05) is 13.1 Å². The van der Waals surface area contributed by atoms with Crippen molar-refractivity contribution in [1.29, 1.82) is 0 Å². The van der Waals surface area contributed by atoms with E-state index in [-0.39, 0.29) is 4.90 Å². The van der Waals surface area contributed by atoms with Crippen LogP contribution in [0.4, 0.5) is 0 Å². The number of furan rings is 1. The van der Waals surface area contributed by atoms with Crippen LogP contribution in [0.1, 0.15) is 45.3 Å². The van der Waals surface area contributed by atoms with Crippen molar-refractivity contribution < 1.29 is 12.8 Å². The predicted molar refractivity (Wildman–Crippen MR) is 85.6 cm³/mol. The summed E-state index contributed by atoms with van der Waals surface area (Å²) in [5, 5.41) is 3.32. The average molecular weight is 379 g/mol. The average Bonchev–Trinajstić information content (AvgIpc) is 3.18. The molecule has 1 aliphatic rings. The van der Waals surface area contributed by atoms with Gasteiger partial charge in [0.2, 0.25) is 10.0 Å². The molecular weight excluding hydrogens is 356 g/mol. The molecule has 0 radical (unpaired) electrons. The van der Waals surface area contributed by atoms with Gasteiger partial charge in [-0.05, 0) is 41.6 Å². The highest BCUT2D eigenvalue weighted by atomic mass is 79.9. The molecule has 0 saturated heterocycles. The number of halogens is 1. The molecule has 7 heteroatoms. The molecule has 0 atom stereocenters. The molecule has 0 unspecified atom stereocenters. The molecule has 120 valence electrons. The van der Waals surface area contributed by atoms with E-state index >= 15 is 0 Å². The number of nitrogens with zero attached hydrogens (tertiary/aromatic N) is 1. The molecule has 0 aromatic carbocycles. The van der Waals surface area contributed by atoms with E-state index in [1.165, 1.54) is 17.1 Å². The summed E-state index contributed by atoms with van der Waals surface area (Å²) in [4.78, 5) is 0.233. The highest BCUT2D eigenvalue weighted by Crippen LogP contribution is 2.29. The lowest BCUT2D eigenvalue weighted by atomic mass is 10.4. The number of hydrogen-bond acceptors (Lipinski definition) is 4. The van der Waals surface area contributed by atoms with Crippen molar-refractivity contribution in [3.05, 3.63) is 16.5 Å². The van der Waals surface area contributed by atoms with Crippen LogP contribution >= 0.6 is 15.9 Å². The Hall–Kier alpha value is -0.370. The summed E-state index contributed by atoms with van der Waals surface area (Å²) >= 11 is 3.25. The third-order valence-corrected chi connectivity index (χ3v) is 6.17. The van der Waals surface area contributed by atoms with Crippen molar-refractivity contribution in [2.45, 2.75) is 57.0 Å². The van der Waals surface area contributed by atoms with Gasteiger partial charge in [0, 0.05) is 25.2 Å². The van der Waals surface area contributed by atoms with Gasteiger partial charge < -0.3 is 9.73 Å². The van der Waals surface area contributed by atoms with E-state index in [0.717, 1.165) is 12.8 Å². The van der Waals surface area contributed by atoms with E-state index in [1.54, 1.807) is 6.07 Å². The number of rotatable bonds is 9. The van der Waals surface area contributed by atoms with Crippen LogP contribution in [0.15, 0.2) is 20.0 Å². The molecule has 1 aromatic rings. The number of hydrogen-bond donors (Lipinski definition) is 1. The molecule has 1 aliphatic carbocycles. The van der Waals surface area contributed by atoms with E-state index < -0.39 is 10.0 Å². The SMILES string of the molecule is CCCN(CCC)S(=O)(=O)c1cc(CNC2CC2)oc1Br. The Kier molecular flexibility index (Phi) is 5.88. The maximum Gasteiger partial charge on any atom is 0.247 e. The molecular formula is C14H23BrN2O3S. The van der Waals surface area contributed by atoms with E-state index in [2.05, 4.69) is 21.2 Å². The van der Waals surface area contributed by atoms with Gasteiger partial charge in [-0.3, -0.25) is 0 Å². The Morgan fingerprint density at radius 3 is 2.48 bits per heavy atom. The van der Waals surface area contributed by atoms with Gasteiger partial charge in [0.1, 0.15) is 10.7 Å². The lowest BCUT2D eigenvalue weighted by Gasteiger charge is -2.20. The lowest BCUT2D eigenvalue weighted by molar-refractivity contribution is 0.407. The fourth-order valence-electron chi connectivity index (χ4n) is 2.18. The summed E-state index contributed by atoms with van der Waals surface area (Å²) in [6.45, 7) is 5.59. The normalized spacial score (nSPS) is 15.8. The fraction of sp³-hybridized carbons (Fsp3) is 0.714. The Labute approximate surface area is 135 Å². The zero-order chi connectivity index (χ0) is 15.5. The summed E-state index contributed by atoms with van der Waals surface area (Å²) in [7, 11) is -3.49. The topological polar surface area (TPSA) is 62.6 Å². The molecule has 5 nitrogen and oxygen atoms in total. The molecule has 0 bridgehead atoms. The highest BCUT2D eigenvalue weighted by Gasteiger charge is 2.29. The minimum atomic E-state index is -3.49. The molecule has 21 heavy (non-hydrogen) atoms. The molecule has 1 fully saturated rings. The molecule has 1 saturated carbocycles. The van der Waals surface area contributed by atoms with Crippen molar-refractivity contribution in [1.82, 2.24) is 9.62 Å². The maximum absolute atomic E-state index is 12.7. The van der Waals surface area contributed by atoms with Crippen LogP contribution in [0.5, 0.6) is 0 Å². The van der Waals surface area contributed by atoms with E-state index in [1.807, 2.05) is 13.8 Å². The van der Waals surface area contributed by atoms with Gasteiger partial charge in [-0.25, -0.2) is 8.42 Å². The van der Waals surface area contributed by atoms with Gasteiger partial charge in [0.25, 0.3) is 0 Å². The van der Waals surface area contributed by atoms with Gasteiger partial charge in [-0.1, -0.05) is 13.8 Å². The van der Waals surface area contributed by atoms with Crippen LogP contribution in [0.25, 0.3) is 0 Å². The third-order valence-electron chi connectivity index (χ3n) is 3.41. The van der Waals surface area contributed by atoms with Crippen LogP contribution in [0.3, 0.4) is 0 Å². The van der Waals surface area contributed by atoms with Crippen molar-refractivity contribution >= 4 is 26.0 Å². The van der Waals surface area contributed by atoms with E-state index in [4.69, 9.17) is 4.42 Å². The minimum absolute atomic E-state index is 0.233. The van der Waals surface area contributed by atoms with Gasteiger partial charge in [0.05, 0.1) is 6.54 Å². The zero-order valence-electron chi connectivity index (χ0n) is 12.6. The molecule has 1 heterocycles. The van der Waals surface area contributed by atoms with Crippen LogP contribution in [0.2, 0.25) is 0 Å². The van der Waals surface area contributed by atoms with Crippen molar-refractivity contribution in [2.24, 2.45) is 0 Å². The van der Waals surface area contributed by atoms with Crippen LogP contribution in [-0.2, 0) is 16.6 Å². The second kappa shape index (κ2) is 7.26. The molecule has 1 aromatic heterocycles. The van der Waals surface area contributed by atoms with E-state index in [0.29, 0.717) is 36.1 Å². The third kappa shape index (κ3) is 4.31. The molecule has 1 N–H and O–H groups in total. The van der Waals surface area contributed by atoms with Crippen LogP contribution in [-0.4, -0.2) is 31.9 Å². The molecule has 2 rings (SSSR count). The largest absolute Gasteiger partial charge is 0.452 e. The van der Waals surface area contributed by atoms with Crippen molar-refractivity contribution in [3.8, 4) is 0 Å². The molecule has 0 amide bonds. The summed E-state index contributed by atoms with van der Waals surface area (Å²) < 4.78 is 32.8. The Balaban J connectivity index is 2.16. The second-order valence-corrected chi connectivity index (χ2v) is 8.04. The summed E-state index contributed by atoms with van der Waals surface area (Å²) in [5.41, 5.74) is 0. The Morgan fingerprint density at radius 2 is 1.95 bits per heavy atom. The fourth-order valence-corrected chi connectivity index (χ4v) is 4.77. The Morgan fingerprint density at radius 1 is 1.33 bits per heavy atom. The van der Waals surface area contributed by atoms with Crippen LogP contribution < -0.4 is 5.32 Å².